The van der Waals surface area contributed by atoms with E-state index in [-0.39, 0.29) is 5.56 Å². The second-order valence-electron chi connectivity index (χ2n) is 8.56. The average Bonchev–Trinajstić information content (AvgIpc) is 2.93. The monoisotopic (exact) mass is 488 g/mol. The zero-order valence-electron chi connectivity index (χ0n) is 20.4. The Hall–Kier alpha value is -4.91. The van der Waals surface area contributed by atoms with Crippen molar-refractivity contribution in [2.45, 2.75) is 20.0 Å². The molecule has 1 unspecified atom stereocenters. The van der Waals surface area contributed by atoms with E-state index < -0.39 is 18.0 Å². The van der Waals surface area contributed by atoms with Crippen LogP contribution in [0, 0.1) is 6.92 Å². The molecule has 7 nitrogen and oxygen atoms in total. The molecule has 0 aliphatic carbocycles. The van der Waals surface area contributed by atoms with Crippen molar-refractivity contribution in [2.75, 3.05) is 5.32 Å². The zero-order valence-corrected chi connectivity index (χ0v) is 20.4. The number of carbonyl (C=O) groups excluding carboxylic acids is 2. The van der Waals surface area contributed by atoms with Crippen LogP contribution in [0.3, 0.4) is 0 Å². The Morgan fingerprint density at radius 1 is 0.730 bits per heavy atom. The predicted molar refractivity (Wildman–Crippen MR) is 143 cm³/mol. The third-order valence-corrected chi connectivity index (χ3v) is 5.79. The fraction of sp³-hybridized carbons (Fsp3) is 0.100. The zero-order chi connectivity index (χ0) is 25.8. The fourth-order valence-corrected chi connectivity index (χ4v) is 3.90. The minimum absolute atomic E-state index is 0.279. The highest BCUT2D eigenvalue weighted by Gasteiger charge is 2.21. The maximum Gasteiger partial charge on any atom is 0.338 e. The Labute approximate surface area is 214 Å². The summed E-state index contributed by atoms with van der Waals surface area (Å²) < 4.78 is 5.43. The molecule has 1 atom stereocenters. The van der Waals surface area contributed by atoms with Gasteiger partial charge in [-0.1, -0.05) is 66.7 Å². The highest BCUT2D eigenvalue weighted by atomic mass is 16.5. The second kappa shape index (κ2) is 10.4. The van der Waals surface area contributed by atoms with Crippen LogP contribution in [-0.2, 0) is 9.53 Å². The van der Waals surface area contributed by atoms with E-state index in [4.69, 9.17) is 14.7 Å². The van der Waals surface area contributed by atoms with Crippen LogP contribution in [0.1, 0.15) is 23.0 Å². The minimum Gasteiger partial charge on any atom is -0.449 e. The first-order valence-electron chi connectivity index (χ1n) is 11.9. The number of rotatable bonds is 6. The SMILES string of the molecule is Cc1cccc(NC(=O)C(C)OC(=O)c2ccc3nc(-c4ccccc4)c(-c4ccccc4)nc3c2)n1. The van der Waals surface area contributed by atoms with Crippen LogP contribution in [0.4, 0.5) is 5.82 Å². The standard InChI is InChI=1S/C30H24N4O3/c1-19-10-9-15-26(31-19)34-29(35)20(2)37-30(36)23-16-17-24-25(18-23)33-28(22-13-7-4-8-14-22)27(32-24)21-11-5-3-6-12-21/h3-18,20H,1-2H3,(H,31,34,35). The van der Waals surface area contributed by atoms with Crippen molar-refractivity contribution in [2.24, 2.45) is 0 Å². The molecule has 0 saturated carbocycles. The van der Waals surface area contributed by atoms with E-state index in [0.717, 1.165) is 22.5 Å². The summed E-state index contributed by atoms with van der Waals surface area (Å²) >= 11 is 0. The maximum absolute atomic E-state index is 12.9. The van der Waals surface area contributed by atoms with Crippen molar-refractivity contribution in [1.82, 2.24) is 15.0 Å². The van der Waals surface area contributed by atoms with Gasteiger partial charge in [0.1, 0.15) is 5.82 Å². The van der Waals surface area contributed by atoms with Gasteiger partial charge in [-0.25, -0.2) is 19.7 Å². The highest BCUT2D eigenvalue weighted by Crippen LogP contribution is 2.31. The number of benzene rings is 3. The van der Waals surface area contributed by atoms with Gasteiger partial charge in [0.15, 0.2) is 6.10 Å². The normalized spacial score (nSPS) is 11.6. The molecule has 5 rings (SSSR count). The van der Waals surface area contributed by atoms with Crippen LogP contribution < -0.4 is 5.32 Å². The highest BCUT2D eigenvalue weighted by molar-refractivity contribution is 5.98. The number of fused-ring (bicyclic) bond motifs is 1. The molecule has 3 aromatic carbocycles. The summed E-state index contributed by atoms with van der Waals surface area (Å²) in [6, 6.07) is 29.9. The molecule has 2 aromatic heterocycles. The summed E-state index contributed by atoms with van der Waals surface area (Å²) in [7, 11) is 0. The van der Waals surface area contributed by atoms with Gasteiger partial charge in [0.2, 0.25) is 0 Å². The molecule has 2 heterocycles. The lowest BCUT2D eigenvalue weighted by Crippen LogP contribution is -2.30. The van der Waals surface area contributed by atoms with Crippen molar-refractivity contribution in [3.63, 3.8) is 0 Å². The lowest BCUT2D eigenvalue weighted by Gasteiger charge is -2.14. The van der Waals surface area contributed by atoms with Gasteiger partial charge >= 0.3 is 5.97 Å². The van der Waals surface area contributed by atoms with Gasteiger partial charge in [-0.05, 0) is 44.2 Å². The van der Waals surface area contributed by atoms with Gasteiger partial charge < -0.3 is 10.1 Å². The van der Waals surface area contributed by atoms with Gasteiger partial charge in [0.25, 0.3) is 5.91 Å². The van der Waals surface area contributed by atoms with E-state index in [1.54, 1.807) is 30.3 Å². The second-order valence-corrected chi connectivity index (χ2v) is 8.56. The van der Waals surface area contributed by atoms with E-state index in [9.17, 15) is 9.59 Å². The van der Waals surface area contributed by atoms with Crippen molar-refractivity contribution >= 4 is 28.7 Å². The summed E-state index contributed by atoms with van der Waals surface area (Å²) in [5.74, 6) is -0.695. The number of hydrogen-bond donors (Lipinski definition) is 1. The lowest BCUT2D eigenvalue weighted by atomic mass is 10.0. The van der Waals surface area contributed by atoms with Crippen LogP contribution in [-0.4, -0.2) is 32.9 Å². The molecule has 0 bridgehead atoms. The van der Waals surface area contributed by atoms with E-state index >= 15 is 0 Å². The van der Waals surface area contributed by atoms with Crippen LogP contribution in [0.5, 0.6) is 0 Å². The largest absolute Gasteiger partial charge is 0.449 e. The number of nitrogens with zero attached hydrogens (tertiary/aromatic N) is 3. The molecule has 1 N–H and O–H groups in total. The maximum atomic E-state index is 12.9. The molecular formula is C30H24N4O3. The van der Waals surface area contributed by atoms with Gasteiger partial charge in [-0.2, -0.15) is 0 Å². The lowest BCUT2D eigenvalue weighted by molar-refractivity contribution is -0.123. The van der Waals surface area contributed by atoms with Crippen LogP contribution >= 0.6 is 0 Å². The molecule has 0 aliphatic heterocycles. The minimum atomic E-state index is -1.02. The van der Waals surface area contributed by atoms with E-state index in [0.29, 0.717) is 22.5 Å². The van der Waals surface area contributed by atoms with Crippen LogP contribution in [0.2, 0.25) is 0 Å². The van der Waals surface area contributed by atoms with Gasteiger partial charge in [-0.3, -0.25) is 4.79 Å². The van der Waals surface area contributed by atoms with Gasteiger partial charge in [0, 0.05) is 16.8 Å². The van der Waals surface area contributed by atoms with Crippen LogP contribution in [0.15, 0.2) is 97.1 Å². The first kappa shape index (κ1) is 23.8. The third kappa shape index (κ3) is 5.36. The molecule has 0 radical (unpaired) electrons. The van der Waals surface area contributed by atoms with Gasteiger partial charge in [-0.15, -0.1) is 0 Å². The Balaban J connectivity index is 1.43. The smallest absolute Gasteiger partial charge is 0.338 e. The van der Waals surface area contributed by atoms with Gasteiger partial charge in [0.05, 0.1) is 28.0 Å². The number of aromatic nitrogens is 3. The Morgan fingerprint density at radius 2 is 1.35 bits per heavy atom. The number of esters is 1. The fourth-order valence-electron chi connectivity index (χ4n) is 3.90. The summed E-state index contributed by atoms with van der Waals surface area (Å²) in [6.45, 7) is 3.34. The summed E-state index contributed by atoms with van der Waals surface area (Å²) in [5.41, 5.74) is 5.57. The average molecular weight is 489 g/mol. The molecule has 0 saturated heterocycles. The Kier molecular flexibility index (Phi) is 6.68. The molecule has 5 aromatic rings. The Bertz CT molecular complexity index is 1590. The van der Waals surface area contributed by atoms with Crippen molar-refractivity contribution < 1.29 is 14.3 Å². The number of ether oxygens (including phenoxy) is 1. The van der Waals surface area contributed by atoms with Crippen molar-refractivity contribution in [3.8, 4) is 22.5 Å². The topological polar surface area (TPSA) is 94.1 Å². The van der Waals surface area contributed by atoms with E-state index in [1.807, 2.05) is 73.7 Å². The number of carbonyl (C=O) groups is 2. The molecule has 0 aliphatic rings. The van der Waals surface area contributed by atoms with Crippen LogP contribution in [0.25, 0.3) is 33.5 Å². The molecule has 7 heteroatoms. The molecule has 1 amide bonds. The number of pyridine rings is 1. The quantitative estimate of drug-likeness (QED) is 0.301. The number of hydrogen-bond acceptors (Lipinski definition) is 6. The number of aryl methyl sites for hydroxylation is 1. The Morgan fingerprint density at radius 3 is 1.97 bits per heavy atom. The third-order valence-electron chi connectivity index (χ3n) is 5.79. The van der Waals surface area contributed by atoms with E-state index in [2.05, 4.69) is 10.3 Å². The molecule has 0 spiro atoms. The first-order chi connectivity index (χ1) is 18.0. The predicted octanol–water partition coefficient (Wildman–Crippen LogP) is 5.85. The number of amides is 1. The summed E-state index contributed by atoms with van der Waals surface area (Å²) in [6.07, 6.45) is -1.02. The molecule has 0 fully saturated rings. The van der Waals surface area contributed by atoms with E-state index in [1.165, 1.54) is 6.92 Å². The number of nitrogens with one attached hydrogen (secondary N) is 1. The molecular weight excluding hydrogens is 464 g/mol. The molecule has 182 valence electrons. The van der Waals surface area contributed by atoms with Crippen molar-refractivity contribution in [3.05, 3.63) is 108 Å². The van der Waals surface area contributed by atoms with Crippen molar-refractivity contribution in [1.29, 1.82) is 0 Å². The summed E-state index contributed by atoms with van der Waals surface area (Å²) in [4.78, 5) is 39.4. The number of anilines is 1. The molecule has 37 heavy (non-hydrogen) atoms. The summed E-state index contributed by atoms with van der Waals surface area (Å²) in [5, 5.41) is 2.67. The first-order valence-corrected chi connectivity index (χ1v) is 11.9.